The smallest absolute Gasteiger partial charge is 0.170 e. The molecule has 2 rings (SSSR count). The summed E-state index contributed by atoms with van der Waals surface area (Å²) in [7, 11) is 0. The largest absolute Gasteiger partial charge is 0.486 e. The van der Waals surface area contributed by atoms with Crippen molar-refractivity contribution < 1.29 is 9.47 Å². The van der Waals surface area contributed by atoms with Gasteiger partial charge in [0.15, 0.2) is 16.6 Å². The highest BCUT2D eigenvalue weighted by Crippen LogP contribution is 2.32. The van der Waals surface area contributed by atoms with Crippen molar-refractivity contribution >= 4 is 23.0 Å². The van der Waals surface area contributed by atoms with E-state index in [1.165, 1.54) is 0 Å². The molecule has 0 amide bonds. The Labute approximate surface area is 99.9 Å². The first-order valence-corrected chi connectivity index (χ1v) is 5.65. The fraction of sp³-hybridized carbons (Fsp3) is 0.364. The van der Waals surface area contributed by atoms with Crippen LogP contribution in [0.2, 0.25) is 0 Å². The average molecular weight is 238 g/mol. The Morgan fingerprint density at radius 2 is 2.06 bits per heavy atom. The summed E-state index contributed by atoms with van der Waals surface area (Å²) in [5, 5.41) is 6.71. The first kappa shape index (κ1) is 11.0. The van der Waals surface area contributed by atoms with E-state index >= 15 is 0 Å². The van der Waals surface area contributed by atoms with Gasteiger partial charge in [0.1, 0.15) is 13.2 Å². The summed E-state index contributed by atoms with van der Waals surface area (Å²) < 4.78 is 10.9. The van der Waals surface area contributed by atoms with E-state index in [1.54, 1.807) is 0 Å². The van der Waals surface area contributed by atoms with Crippen LogP contribution in [0.4, 0.5) is 5.69 Å². The molecule has 0 aliphatic carbocycles. The van der Waals surface area contributed by atoms with Crippen LogP contribution in [0.1, 0.15) is 6.92 Å². The van der Waals surface area contributed by atoms with E-state index < -0.39 is 0 Å². The lowest BCUT2D eigenvalue weighted by molar-refractivity contribution is 0.171. The molecule has 1 aliphatic heterocycles. The maximum atomic E-state index is 5.48. The van der Waals surface area contributed by atoms with E-state index in [2.05, 4.69) is 10.6 Å². The molecule has 0 bridgehead atoms. The van der Waals surface area contributed by atoms with E-state index in [0.717, 1.165) is 23.7 Å². The standard InChI is InChI=1S/C11H14N2O2S/c1-2-12-11(16)13-8-3-4-9-10(7-8)15-6-5-14-9/h3-4,7H,2,5-6H2,1H3,(H2,12,13,16). The molecule has 0 fully saturated rings. The van der Waals surface area contributed by atoms with Crippen molar-refractivity contribution in [3.8, 4) is 11.5 Å². The van der Waals surface area contributed by atoms with Crippen molar-refractivity contribution in [3.05, 3.63) is 18.2 Å². The van der Waals surface area contributed by atoms with Gasteiger partial charge in [0, 0.05) is 18.3 Å². The Kier molecular flexibility index (Phi) is 3.46. The topological polar surface area (TPSA) is 42.5 Å². The third-order valence-corrected chi connectivity index (χ3v) is 2.38. The van der Waals surface area contributed by atoms with Gasteiger partial charge in [-0.15, -0.1) is 0 Å². The quantitative estimate of drug-likeness (QED) is 0.769. The number of hydrogen-bond acceptors (Lipinski definition) is 3. The van der Waals surface area contributed by atoms with Gasteiger partial charge in [-0.3, -0.25) is 0 Å². The average Bonchev–Trinajstić information content (AvgIpc) is 2.29. The first-order chi connectivity index (χ1) is 7.79. The van der Waals surface area contributed by atoms with Gasteiger partial charge >= 0.3 is 0 Å². The minimum absolute atomic E-state index is 0.591. The second kappa shape index (κ2) is 5.03. The molecule has 0 atom stereocenters. The molecular weight excluding hydrogens is 224 g/mol. The summed E-state index contributed by atoms with van der Waals surface area (Å²) >= 11 is 5.10. The number of nitrogens with one attached hydrogen (secondary N) is 2. The monoisotopic (exact) mass is 238 g/mol. The Morgan fingerprint density at radius 3 is 2.81 bits per heavy atom. The van der Waals surface area contributed by atoms with Gasteiger partial charge in [0.05, 0.1) is 0 Å². The Bertz CT molecular complexity index is 396. The summed E-state index contributed by atoms with van der Waals surface area (Å²) in [4.78, 5) is 0. The molecule has 16 heavy (non-hydrogen) atoms. The van der Waals surface area contributed by atoms with Crippen LogP contribution in [0.5, 0.6) is 11.5 Å². The van der Waals surface area contributed by atoms with E-state index in [-0.39, 0.29) is 0 Å². The lowest BCUT2D eigenvalue weighted by Gasteiger charge is -2.19. The number of anilines is 1. The van der Waals surface area contributed by atoms with E-state index in [1.807, 2.05) is 25.1 Å². The van der Waals surface area contributed by atoms with Gasteiger partial charge in [-0.1, -0.05) is 0 Å². The van der Waals surface area contributed by atoms with Gasteiger partial charge in [-0.2, -0.15) is 0 Å². The molecule has 2 N–H and O–H groups in total. The molecule has 1 heterocycles. The summed E-state index contributed by atoms with van der Waals surface area (Å²) in [5.41, 5.74) is 0.898. The van der Waals surface area contributed by atoms with Gasteiger partial charge in [0.2, 0.25) is 0 Å². The molecule has 1 aromatic carbocycles. The SMILES string of the molecule is CCNC(=S)Nc1ccc2c(c1)OCCO2. The third kappa shape index (κ3) is 2.55. The van der Waals surface area contributed by atoms with Crippen LogP contribution in [0.15, 0.2) is 18.2 Å². The Morgan fingerprint density at radius 1 is 1.31 bits per heavy atom. The van der Waals surface area contributed by atoms with Crippen molar-refractivity contribution in [2.45, 2.75) is 6.92 Å². The molecule has 0 spiro atoms. The lowest BCUT2D eigenvalue weighted by Crippen LogP contribution is -2.28. The molecule has 0 unspecified atom stereocenters. The van der Waals surface area contributed by atoms with Crippen LogP contribution in [-0.2, 0) is 0 Å². The molecule has 5 heteroatoms. The van der Waals surface area contributed by atoms with E-state index in [4.69, 9.17) is 21.7 Å². The van der Waals surface area contributed by atoms with Crippen LogP contribution in [0.3, 0.4) is 0 Å². The highest BCUT2D eigenvalue weighted by molar-refractivity contribution is 7.80. The first-order valence-electron chi connectivity index (χ1n) is 5.24. The van der Waals surface area contributed by atoms with Crippen LogP contribution < -0.4 is 20.1 Å². The maximum absolute atomic E-state index is 5.48. The van der Waals surface area contributed by atoms with Gasteiger partial charge < -0.3 is 20.1 Å². The molecular formula is C11H14N2O2S. The fourth-order valence-electron chi connectivity index (χ4n) is 1.46. The number of ether oxygens (including phenoxy) is 2. The molecule has 4 nitrogen and oxygen atoms in total. The van der Waals surface area contributed by atoms with Crippen LogP contribution in [0.25, 0.3) is 0 Å². The van der Waals surface area contributed by atoms with Crippen LogP contribution in [0, 0.1) is 0 Å². The van der Waals surface area contributed by atoms with Crippen molar-refractivity contribution in [2.75, 3.05) is 25.1 Å². The summed E-state index contributed by atoms with van der Waals surface area (Å²) in [6, 6.07) is 5.68. The number of rotatable bonds is 2. The Hall–Kier alpha value is -1.49. The number of benzene rings is 1. The van der Waals surface area contributed by atoms with E-state index in [9.17, 15) is 0 Å². The van der Waals surface area contributed by atoms with Gasteiger partial charge in [-0.25, -0.2) is 0 Å². The molecule has 0 saturated carbocycles. The zero-order valence-electron chi connectivity index (χ0n) is 9.08. The van der Waals surface area contributed by atoms with E-state index in [0.29, 0.717) is 18.3 Å². The highest BCUT2D eigenvalue weighted by atomic mass is 32.1. The van der Waals surface area contributed by atoms with Crippen molar-refractivity contribution in [1.29, 1.82) is 0 Å². The summed E-state index contributed by atoms with van der Waals surface area (Å²) in [5.74, 6) is 1.54. The number of fused-ring (bicyclic) bond motifs is 1. The van der Waals surface area contributed by atoms with Gasteiger partial charge in [0.25, 0.3) is 0 Å². The Balaban J connectivity index is 2.08. The lowest BCUT2D eigenvalue weighted by atomic mass is 10.2. The minimum atomic E-state index is 0.591. The molecule has 1 aromatic rings. The predicted molar refractivity (Wildman–Crippen MR) is 67.3 cm³/mol. The molecule has 0 saturated heterocycles. The highest BCUT2D eigenvalue weighted by Gasteiger charge is 2.11. The maximum Gasteiger partial charge on any atom is 0.170 e. The third-order valence-electron chi connectivity index (χ3n) is 2.14. The minimum Gasteiger partial charge on any atom is -0.486 e. The van der Waals surface area contributed by atoms with Crippen LogP contribution in [-0.4, -0.2) is 24.9 Å². The normalized spacial score (nSPS) is 13.1. The van der Waals surface area contributed by atoms with Crippen molar-refractivity contribution in [2.24, 2.45) is 0 Å². The summed E-state index contributed by atoms with van der Waals surface area (Å²) in [6.45, 7) is 4.00. The fourth-order valence-corrected chi connectivity index (χ4v) is 1.72. The van der Waals surface area contributed by atoms with Crippen molar-refractivity contribution in [1.82, 2.24) is 5.32 Å². The predicted octanol–water partition coefficient (Wildman–Crippen LogP) is 1.76. The molecule has 86 valence electrons. The second-order valence-corrected chi connectivity index (χ2v) is 3.75. The van der Waals surface area contributed by atoms with Crippen LogP contribution >= 0.6 is 12.2 Å². The zero-order valence-corrected chi connectivity index (χ0v) is 9.89. The molecule has 1 aliphatic rings. The number of thiocarbonyl (C=S) groups is 1. The van der Waals surface area contributed by atoms with Gasteiger partial charge in [-0.05, 0) is 31.3 Å². The number of hydrogen-bond donors (Lipinski definition) is 2. The zero-order chi connectivity index (χ0) is 11.4. The molecule has 0 radical (unpaired) electrons. The van der Waals surface area contributed by atoms with Crippen molar-refractivity contribution in [3.63, 3.8) is 0 Å². The second-order valence-electron chi connectivity index (χ2n) is 3.34. The molecule has 0 aromatic heterocycles. The summed E-state index contributed by atoms with van der Waals surface area (Å²) in [6.07, 6.45) is 0.